The van der Waals surface area contributed by atoms with E-state index in [2.05, 4.69) is 25.5 Å². The molecule has 2 saturated heterocycles. The van der Waals surface area contributed by atoms with Gasteiger partial charge in [-0.05, 0) is 77.0 Å². The monoisotopic (exact) mass is 592 g/mol. The Balaban J connectivity index is 1.50. The number of aromatic nitrogens is 4. The van der Waals surface area contributed by atoms with Gasteiger partial charge in [0.25, 0.3) is 0 Å². The number of nitrogens with zero attached hydrogens (tertiary/aromatic N) is 5. The molecule has 0 unspecified atom stereocenters. The molecule has 6 rings (SSSR count). The van der Waals surface area contributed by atoms with Crippen LogP contribution in [-0.4, -0.2) is 74.5 Å². The maximum atomic E-state index is 14.3. The maximum absolute atomic E-state index is 14.3. The first-order chi connectivity index (χ1) is 20.7. The molecule has 0 bridgehead atoms. The summed E-state index contributed by atoms with van der Waals surface area (Å²) in [4.78, 5) is 53.0. The van der Waals surface area contributed by atoms with Gasteiger partial charge in [0.2, 0.25) is 17.5 Å². The highest BCUT2D eigenvalue weighted by molar-refractivity contribution is 6.08. The summed E-state index contributed by atoms with van der Waals surface area (Å²) >= 11 is 0. The minimum atomic E-state index is -0.819. The molecular weight excluding hydrogens is 548 g/mol. The van der Waals surface area contributed by atoms with Crippen molar-refractivity contribution in [1.29, 1.82) is 0 Å². The lowest BCUT2D eigenvalue weighted by Gasteiger charge is -2.45. The third-order valence-corrected chi connectivity index (χ3v) is 10.5. The number of rotatable bonds is 7. The van der Waals surface area contributed by atoms with Gasteiger partial charge in [-0.3, -0.25) is 23.6 Å². The first-order valence-corrected chi connectivity index (χ1v) is 15.8. The Bertz CT molecular complexity index is 1530. The molecule has 5 atom stereocenters. The van der Waals surface area contributed by atoms with Gasteiger partial charge in [0.1, 0.15) is 11.9 Å². The molecule has 4 heterocycles. The summed E-state index contributed by atoms with van der Waals surface area (Å²) < 4.78 is 15.4. The van der Waals surface area contributed by atoms with Crippen molar-refractivity contribution in [3.8, 4) is 5.88 Å². The predicted octanol–water partition coefficient (Wildman–Crippen LogP) is 3.46. The van der Waals surface area contributed by atoms with E-state index < -0.39 is 17.3 Å². The molecule has 2 aromatic heterocycles. The molecule has 2 aliphatic heterocycles. The zero-order valence-corrected chi connectivity index (χ0v) is 25.6. The zero-order valence-electron chi connectivity index (χ0n) is 25.6. The average Bonchev–Trinajstić information content (AvgIpc) is 3.55. The van der Waals surface area contributed by atoms with Crippen molar-refractivity contribution >= 4 is 22.7 Å². The molecular formula is C32H44N6O5. The Morgan fingerprint density at radius 1 is 1.14 bits per heavy atom. The maximum Gasteiger partial charge on any atom is 0.330 e. The highest BCUT2D eigenvalue weighted by Gasteiger charge is 2.50. The molecule has 2 aliphatic carbocycles. The van der Waals surface area contributed by atoms with Crippen LogP contribution in [-0.2, 0) is 16.6 Å². The highest BCUT2D eigenvalue weighted by Crippen LogP contribution is 2.50. The zero-order chi connectivity index (χ0) is 30.5. The molecule has 0 aromatic carbocycles. The molecule has 43 heavy (non-hydrogen) atoms. The number of imidazole rings is 1. The van der Waals surface area contributed by atoms with E-state index in [1.54, 1.807) is 17.7 Å². The number of likely N-dealkylation sites (N-methyl/N-ethyl adjacent to an activating group) is 1. The SMILES string of the molecule is C=C[C@H](Oc1nc(C(=O)C2=C(N)[C@]3(CCCCC3=O)[C@@H](C)CC2)nc2c1n(C)c(=O)n2[C@@H]1CCCOC1)[C@@H]1CCCN1C. The number of fused-ring (bicyclic) bond motifs is 1. The van der Waals surface area contributed by atoms with Gasteiger partial charge in [-0.1, -0.05) is 19.9 Å². The summed E-state index contributed by atoms with van der Waals surface area (Å²) in [6, 6.07) is -0.141. The number of ether oxygens (including phenoxy) is 2. The van der Waals surface area contributed by atoms with Crippen molar-refractivity contribution in [2.75, 3.05) is 26.8 Å². The number of carbonyl (C=O) groups is 2. The lowest BCUT2D eigenvalue weighted by Crippen LogP contribution is -2.47. The summed E-state index contributed by atoms with van der Waals surface area (Å²) in [5.74, 6) is -0.142. The van der Waals surface area contributed by atoms with Crippen LogP contribution in [0.3, 0.4) is 0 Å². The quantitative estimate of drug-likeness (QED) is 0.379. The largest absolute Gasteiger partial charge is 0.467 e. The van der Waals surface area contributed by atoms with Gasteiger partial charge in [-0.25, -0.2) is 9.78 Å². The molecule has 2 aromatic rings. The topological polar surface area (TPSA) is 135 Å². The number of Topliss-reactive ketones (excluding diaryl/α,β-unsaturated/α-hetero) is 2. The van der Waals surface area contributed by atoms with Gasteiger partial charge >= 0.3 is 5.69 Å². The average molecular weight is 593 g/mol. The van der Waals surface area contributed by atoms with Crippen LogP contribution in [0.1, 0.15) is 87.8 Å². The van der Waals surface area contributed by atoms with Crippen molar-refractivity contribution in [2.45, 2.75) is 89.3 Å². The molecule has 0 amide bonds. The van der Waals surface area contributed by atoms with E-state index in [0.717, 1.165) is 45.1 Å². The van der Waals surface area contributed by atoms with Crippen LogP contribution in [0.25, 0.3) is 11.2 Å². The van der Waals surface area contributed by atoms with Crippen LogP contribution in [0.15, 0.2) is 28.7 Å². The Morgan fingerprint density at radius 3 is 2.63 bits per heavy atom. The van der Waals surface area contributed by atoms with Crippen LogP contribution < -0.4 is 16.2 Å². The van der Waals surface area contributed by atoms with Gasteiger partial charge in [0.15, 0.2) is 11.2 Å². The lowest BCUT2D eigenvalue weighted by molar-refractivity contribution is -0.132. The third-order valence-electron chi connectivity index (χ3n) is 10.5. The fourth-order valence-electron chi connectivity index (χ4n) is 7.94. The first kappa shape index (κ1) is 29.7. The van der Waals surface area contributed by atoms with Crippen LogP contribution in [0, 0.1) is 11.3 Å². The fourth-order valence-corrected chi connectivity index (χ4v) is 7.94. The Morgan fingerprint density at radius 2 is 1.95 bits per heavy atom. The molecule has 4 aliphatic rings. The van der Waals surface area contributed by atoms with E-state index in [-0.39, 0.29) is 41.2 Å². The number of hydrogen-bond donors (Lipinski definition) is 1. The summed E-state index contributed by atoms with van der Waals surface area (Å²) in [5.41, 5.74) is 7.25. The van der Waals surface area contributed by atoms with E-state index in [1.807, 2.05) is 0 Å². The van der Waals surface area contributed by atoms with Gasteiger partial charge < -0.3 is 15.2 Å². The number of aryl methyl sites for hydroxylation is 1. The number of carbonyl (C=O) groups excluding carboxylic acids is 2. The van der Waals surface area contributed by atoms with Crippen LogP contribution in [0.5, 0.6) is 5.88 Å². The lowest BCUT2D eigenvalue weighted by atomic mass is 9.58. The summed E-state index contributed by atoms with van der Waals surface area (Å²) in [6.45, 7) is 8.07. The second-order valence-electron chi connectivity index (χ2n) is 12.9. The van der Waals surface area contributed by atoms with E-state index in [0.29, 0.717) is 61.3 Å². The smallest absolute Gasteiger partial charge is 0.330 e. The van der Waals surface area contributed by atoms with E-state index in [9.17, 15) is 14.4 Å². The number of ketones is 2. The fraction of sp³-hybridized carbons (Fsp3) is 0.656. The molecule has 11 nitrogen and oxygen atoms in total. The highest BCUT2D eigenvalue weighted by atomic mass is 16.5. The van der Waals surface area contributed by atoms with Crippen molar-refractivity contribution in [1.82, 2.24) is 24.0 Å². The van der Waals surface area contributed by atoms with E-state index in [1.165, 1.54) is 4.57 Å². The van der Waals surface area contributed by atoms with E-state index >= 15 is 0 Å². The Hall–Kier alpha value is -3.31. The molecule has 232 valence electrons. The standard InChI is InChI=1S/C32H44N6O5/c1-5-23(22-11-8-16-36(22)3)43-30-25-29(38(31(41)37(25)4)20-10-9-17-42-18-20)34-28(35-30)26(40)21-14-13-19(2)32(27(21)33)15-7-6-12-24(32)39/h5,19-20,22-23H,1,6-18,33H2,2-4H3/t19-,20+,22-,23-,32+/m0/s1. The van der Waals surface area contributed by atoms with Gasteiger partial charge in [-0.2, -0.15) is 4.98 Å². The van der Waals surface area contributed by atoms with Crippen LogP contribution >= 0.6 is 0 Å². The Labute approximate surface area is 252 Å². The molecule has 1 saturated carbocycles. The van der Waals surface area contributed by atoms with Gasteiger partial charge in [0, 0.05) is 31.3 Å². The minimum absolute atomic E-state index is 0.0569. The van der Waals surface area contributed by atoms with Gasteiger partial charge in [0.05, 0.1) is 24.1 Å². The molecule has 11 heteroatoms. The van der Waals surface area contributed by atoms with Crippen LogP contribution in [0.4, 0.5) is 0 Å². The minimum Gasteiger partial charge on any atom is -0.467 e. The van der Waals surface area contributed by atoms with Crippen molar-refractivity contribution in [3.05, 3.63) is 40.2 Å². The Kier molecular flexibility index (Phi) is 8.06. The number of allylic oxidation sites excluding steroid dienone is 2. The normalized spacial score (nSPS) is 29.4. The van der Waals surface area contributed by atoms with Crippen molar-refractivity contribution < 1.29 is 19.1 Å². The second-order valence-corrected chi connectivity index (χ2v) is 12.9. The van der Waals surface area contributed by atoms with Gasteiger partial charge in [-0.15, -0.1) is 0 Å². The molecule has 0 radical (unpaired) electrons. The van der Waals surface area contributed by atoms with Crippen molar-refractivity contribution in [2.24, 2.45) is 24.1 Å². The number of hydrogen-bond acceptors (Lipinski definition) is 9. The molecule has 1 spiro atoms. The predicted molar refractivity (Wildman–Crippen MR) is 162 cm³/mol. The van der Waals surface area contributed by atoms with Crippen LogP contribution in [0.2, 0.25) is 0 Å². The summed E-state index contributed by atoms with van der Waals surface area (Å²) in [7, 11) is 3.73. The molecule has 2 N–H and O–H groups in total. The third kappa shape index (κ3) is 4.84. The first-order valence-electron chi connectivity index (χ1n) is 15.8. The second kappa shape index (κ2) is 11.6. The van der Waals surface area contributed by atoms with Crippen molar-refractivity contribution in [3.63, 3.8) is 0 Å². The summed E-state index contributed by atoms with van der Waals surface area (Å²) in [6.07, 6.45) is 8.90. The van der Waals surface area contributed by atoms with E-state index in [4.69, 9.17) is 25.2 Å². The summed E-state index contributed by atoms with van der Waals surface area (Å²) in [5, 5.41) is 0. The number of nitrogens with two attached hydrogens (primary N) is 1. The number of likely N-dealkylation sites (tertiary alicyclic amines) is 1. The molecule has 3 fully saturated rings.